The number of fused-ring (bicyclic) bond motifs is 1. The molecule has 28 heavy (non-hydrogen) atoms. The van der Waals surface area contributed by atoms with Crippen molar-refractivity contribution in [2.75, 3.05) is 26.8 Å². The van der Waals surface area contributed by atoms with Crippen molar-refractivity contribution in [1.82, 2.24) is 20.1 Å². The van der Waals surface area contributed by atoms with Crippen molar-refractivity contribution in [2.24, 2.45) is 0 Å². The SMILES string of the molecule is COCCn1cc2cc(F)c(COc3cccc(C4CCNCC4)n3)cc2n1. The lowest BCUT2D eigenvalue weighted by Crippen LogP contribution is -2.27. The van der Waals surface area contributed by atoms with Gasteiger partial charge in [-0.1, -0.05) is 6.07 Å². The van der Waals surface area contributed by atoms with Crippen LogP contribution in [0.15, 0.2) is 36.5 Å². The maximum Gasteiger partial charge on any atom is 0.213 e. The van der Waals surface area contributed by atoms with Crippen LogP contribution in [0.4, 0.5) is 4.39 Å². The van der Waals surface area contributed by atoms with E-state index in [1.807, 2.05) is 24.4 Å². The normalized spacial score (nSPS) is 15.2. The van der Waals surface area contributed by atoms with Crippen LogP contribution in [-0.2, 0) is 17.9 Å². The quantitative estimate of drug-likeness (QED) is 0.678. The molecule has 1 saturated heterocycles. The van der Waals surface area contributed by atoms with E-state index in [1.54, 1.807) is 17.9 Å². The lowest BCUT2D eigenvalue weighted by molar-refractivity contribution is 0.184. The zero-order valence-corrected chi connectivity index (χ0v) is 16.0. The number of aromatic nitrogens is 3. The van der Waals surface area contributed by atoms with Crippen LogP contribution in [0.1, 0.15) is 30.0 Å². The number of rotatable bonds is 7. The third kappa shape index (κ3) is 4.31. The summed E-state index contributed by atoms with van der Waals surface area (Å²) in [6.45, 7) is 3.34. The molecule has 0 saturated carbocycles. The number of pyridine rings is 1. The van der Waals surface area contributed by atoms with Gasteiger partial charge in [0.05, 0.1) is 18.7 Å². The van der Waals surface area contributed by atoms with Gasteiger partial charge in [0, 0.05) is 41.9 Å². The Morgan fingerprint density at radius 3 is 2.93 bits per heavy atom. The Kier molecular flexibility index (Phi) is 5.83. The summed E-state index contributed by atoms with van der Waals surface area (Å²) in [6, 6.07) is 9.06. The van der Waals surface area contributed by atoms with Gasteiger partial charge in [-0.2, -0.15) is 5.10 Å². The second-order valence-corrected chi connectivity index (χ2v) is 7.10. The van der Waals surface area contributed by atoms with Crippen LogP contribution >= 0.6 is 0 Å². The maximum absolute atomic E-state index is 14.5. The average Bonchev–Trinajstić information content (AvgIpc) is 3.13. The molecule has 1 aliphatic heterocycles. The van der Waals surface area contributed by atoms with E-state index in [-0.39, 0.29) is 12.4 Å². The summed E-state index contributed by atoms with van der Waals surface area (Å²) >= 11 is 0. The molecular formula is C21H25FN4O2. The number of hydrogen-bond donors (Lipinski definition) is 1. The molecule has 2 aromatic heterocycles. The Bertz CT molecular complexity index is 937. The molecule has 7 heteroatoms. The van der Waals surface area contributed by atoms with Crippen molar-refractivity contribution in [2.45, 2.75) is 31.9 Å². The molecule has 0 aliphatic carbocycles. The second kappa shape index (κ2) is 8.67. The molecule has 1 fully saturated rings. The molecule has 1 aliphatic rings. The number of nitrogens with zero attached hydrogens (tertiary/aromatic N) is 3. The molecule has 1 aromatic carbocycles. The molecule has 0 radical (unpaired) electrons. The average molecular weight is 384 g/mol. The number of hydrogen-bond acceptors (Lipinski definition) is 5. The van der Waals surface area contributed by atoms with E-state index >= 15 is 0 Å². The van der Waals surface area contributed by atoms with Crippen LogP contribution in [0, 0.1) is 5.82 Å². The maximum atomic E-state index is 14.5. The number of piperidine rings is 1. The Hall–Kier alpha value is -2.51. The van der Waals surface area contributed by atoms with Gasteiger partial charge in [-0.15, -0.1) is 0 Å². The van der Waals surface area contributed by atoms with Gasteiger partial charge in [0.15, 0.2) is 0 Å². The molecule has 0 unspecified atom stereocenters. The molecule has 0 spiro atoms. The summed E-state index contributed by atoms with van der Waals surface area (Å²) in [7, 11) is 1.65. The van der Waals surface area contributed by atoms with Crippen LogP contribution in [0.2, 0.25) is 0 Å². The number of benzene rings is 1. The summed E-state index contributed by atoms with van der Waals surface area (Å²) in [6.07, 6.45) is 3.98. The fourth-order valence-electron chi connectivity index (χ4n) is 3.56. The van der Waals surface area contributed by atoms with E-state index in [0.717, 1.165) is 42.5 Å². The Morgan fingerprint density at radius 1 is 1.25 bits per heavy atom. The van der Waals surface area contributed by atoms with Crippen molar-refractivity contribution in [3.05, 3.63) is 53.6 Å². The van der Waals surface area contributed by atoms with E-state index in [4.69, 9.17) is 9.47 Å². The van der Waals surface area contributed by atoms with Gasteiger partial charge >= 0.3 is 0 Å². The van der Waals surface area contributed by atoms with Crippen LogP contribution in [0.5, 0.6) is 5.88 Å². The van der Waals surface area contributed by atoms with Crippen LogP contribution < -0.4 is 10.1 Å². The zero-order chi connectivity index (χ0) is 19.3. The molecule has 148 valence electrons. The molecule has 4 rings (SSSR count). The Balaban J connectivity index is 1.46. The van der Waals surface area contributed by atoms with Crippen molar-refractivity contribution >= 4 is 10.9 Å². The first-order chi connectivity index (χ1) is 13.7. The van der Waals surface area contributed by atoms with Gasteiger partial charge in [0.1, 0.15) is 12.4 Å². The van der Waals surface area contributed by atoms with Gasteiger partial charge in [0.2, 0.25) is 5.88 Å². The third-order valence-electron chi connectivity index (χ3n) is 5.12. The summed E-state index contributed by atoms with van der Waals surface area (Å²) < 4.78 is 27.1. The van der Waals surface area contributed by atoms with Gasteiger partial charge in [-0.25, -0.2) is 9.37 Å². The largest absolute Gasteiger partial charge is 0.473 e. The van der Waals surface area contributed by atoms with Gasteiger partial charge < -0.3 is 14.8 Å². The molecule has 0 atom stereocenters. The number of ether oxygens (including phenoxy) is 2. The number of methoxy groups -OCH3 is 1. The van der Waals surface area contributed by atoms with Crippen LogP contribution in [0.25, 0.3) is 10.9 Å². The summed E-state index contributed by atoms with van der Waals surface area (Å²) in [5, 5.41) is 8.61. The first-order valence-corrected chi connectivity index (χ1v) is 9.68. The molecule has 6 nitrogen and oxygen atoms in total. The van der Waals surface area contributed by atoms with Crippen LogP contribution in [-0.4, -0.2) is 41.6 Å². The van der Waals surface area contributed by atoms with E-state index in [1.165, 1.54) is 6.07 Å². The lowest BCUT2D eigenvalue weighted by atomic mass is 9.94. The molecule has 3 aromatic rings. The molecule has 0 amide bonds. The Labute approximate surface area is 163 Å². The summed E-state index contributed by atoms with van der Waals surface area (Å²) in [5.74, 6) is 0.684. The summed E-state index contributed by atoms with van der Waals surface area (Å²) in [5.41, 5.74) is 2.26. The zero-order valence-electron chi connectivity index (χ0n) is 16.0. The van der Waals surface area contributed by atoms with Gasteiger partial charge in [-0.05, 0) is 44.1 Å². The lowest BCUT2D eigenvalue weighted by Gasteiger charge is -2.22. The minimum atomic E-state index is -0.298. The minimum Gasteiger partial charge on any atom is -0.473 e. The number of halogens is 1. The fourth-order valence-corrected chi connectivity index (χ4v) is 3.56. The van der Waals surface area contributed by atoms with E-state index in [0.29, 0.717) is 30.5 Å². The monoisotopic (exact) mass is 384 g/mol. The molecular weight excluding hydrogens is 359 g/mol. The number of nitrogens with one attached hydrogen (secondary N) is 1. The second-order valence-electron chi connectivity index (χ2n) is 7.10. The van der Waals surface area contributed by atoms with Gasteiger partial charge in [-0.3, -0.25) is 4.68 Å². The smallest absolute Gasteiger partial charge is 0.213 e. The highest BCUT2D eigenvalue weighted by Gasteiger charge is 2.17. The van der Waals surface area contributed by atoms with Crippen molar-refractivity contribution < 1.29 is 13.9 Å². The van der Waals surface area contributed by atoms with Crippen molar-refractivity contribution in [3.8, 4) is 5.88 Å². The van der Waals surface area contributed by atoms with E-state index < -0.39 is 0 Å². The first kappa shape index (κ1) is 18.8. The highest BCUT2D eigenvalue weighted by molar-refractivity contribution is 5.78. The van der Waals surface area contributed by atoms with Crippen molar-refractivity contribution in [1.29, 1.82) is 0 Å². The predicted octanol–water partition coefficient (Wildman–Crippen LogP) is 3.26. The molecule has 1 N–H and O–H groups in total. The van der Waals surface area contributed by atoms with E-state index in [2.05, 4.69) is 15.4 Å². The highest BCUT2D eigenvalue weighted by Crippen LogP contribution is 2.25. The summed E-state index contributed by atoms with van der Waals surface area (Å²) in [4.78, 5) is 4.64. The molecule has 3 heterocycles. The highest BCUT2D eigenvalue weighted by atomic mass is 19.1. The third-order valence-corrected chi connectivity index (χ3v) is 5.12. The first-order valence-electron chi connectivity index (χ1n) is 9.68. The van der Waals surface area contributed by atoms with E-state index in [9.17, 15) is 4.39 Å². The van der Waals surface area contributed by atoms with Gasteiger partial charge in [0.25, 0.3) is 0 Å². The van der Waals surface area contributed by atoms with Crippen molar-refractivity contribution in [3.63, 3.8) is 0 Å². The molecule has 0 bridgehead atoms. The Morgan fingerprint density at radius 2 is 2.11 bits per heavy atom. The fraction of sp³-hybridized carbons (Fsp3) is 0.429. The standard InChI is InChI=1S/C21H25FN4O2/c1-27-10-9-26-13-16-11-18(22)17(12-20(16)25-26)14-28-21-4-2-3-19(24-21)15-5-7-23-8-6-15/h2-4,11-13,15,23H,5-10,14H2,1H3. The van der Waals surface area contributed by atoms with Crippen LogP contribution in [0.3, 0.4) is 0 Å². The predicted molar refractivity (Wildman–Crippen MR) is 105 cm³/mol. The minimum absolute atomic E-state index is 0.120. The topological polar surface area (TPSA) is 61.2 Å².